The van der Waals surface area contributed by atoms with Gasteiger partial charge in [0.15, 0.2) is 0 Å². The van der Waals surface area contributed by atoms with Crippen LogP contribution in [0.5, 0.6) is 0 Å². The largest absolute Gasteiger partial charge is 0.444 e. The van der Waals surface area contributed by atoms with Crippen molar-refractivity contribution in [1.29, 1.82) is 0 Å². The summed E-state index contributed by atoms with van der Waals surface area (Å²) in [5.41, 5.74) is 7.47. The van der Waals surface area contributed by atoms with Crippen molar-refractivity contribution in [3.63, 3.8) is 0 Å². The quantitative estimate of drug-likeness (QED) is 0.314. The molecule has 2 amide bonds. The molecule has 0 aliphatic carbocycles. The molecule has 44 heavy (non-hydrogen) atoms. The first kappa shape index (κ1) is 31.0. The maximum Gasteiger partial charge on any atom is 0.410 e. The SMILES string of the molecule is Cc1c(-c2ccc(C3=CCN(C(=O)OC(C)(C)C)CC3)cc2)nnn1-c1ccc(C2=CCN(C(=O)OC(C)(C)C)CC2)cc1. The van der Waals surface area contributed by atoms with Crippen LogP contribution in [-0.2, 0) is 9.47 Å². The third-order valence-electron chi connectivity index (χ3n) is 7.63. The van der Waals surface area contributed by atoms with Crippen molar-refractivity contribution in [2.45, 2.75) is 72.5 Å². The second-order valence-electron chi connectivity index (χ2n) is 13.4. The van der Waals surface area contributed by atoms with Crippen molar-refractivity contribution in [3.8, 4) is 16.9 Å². The fraction of sp³-hybridized carbons (Fsp3) is 0.429. The Hall–Kier alpha value is -4.40. The molecule has 0 N–H and O–H groups in total. The van der Waals surface area contributed by atoms with E-state index < -0.39 is 11.2 Å². The van der Waals surface area contributed by atoms with Crippen LogP contribution in [0.1, 0.15) is 71.2 Å². The molecule has 5 rings (SSSR count). The van der Waals surface area contributed by atoms with Gasteiger partial charge in [0.25, 0.3) is 0 Å². The highest BCUT2D eigenvalue weighted by Crippen LogP contribution is 2.29. The Kier molecular flexibility index (Phi) is 8.68. The number of hydrogen-bond acceptors (Lipinski definition) is 6. The van der Waals surface area contributed by atoms with E-state index in [0.29, 0.717) is 26.2 Å². The molecule has 0 radical (unpaired) electrons. The molecule has 0 atom stereocenters. The minimum atomic E-state index is -0.499. The van der Waals surface area contributed by atoms with Crippen LogP contribution in [0.25, 0.3) is 28.1 Å². The van der Waals surface area contributed by atoms with E-state index in [1.54, 1.807) is 9.80 Å². The van der Waals surface area contributed by atoms with Gasteiger partial charge in [0.2, 0.25) is 0 Å². The van der Waals surface area contributed by atoms with E-state index in [2.05, 4.69) is 71.0 Å². The Morgan fingerprint density at radius 1 is 0.682 bits per heavy atom. The van der Waals surface area contributed by atoms with Gasteiger partial charge in [0, 0.05) is 31.7 Å². The zero-order valence-corrected chi connectivity index (χ0v) is 26.9. The normalized spacial score (nSPS) is 15.9. The fourth-order valence-electron chi connectivity index (χ4n) is 5.35. The lowest BCUT2D eigenvalue weighted by Crippen LogP contribution is -2.39. The number of carbonyl (C=O) groups excluding carboxylic acids is 2. The number of ether oxygens (including phenoxy) is 2. The monoisotopic (exact) mass is 597 g/mol. The number of nitrogens with zero attached hydrogens (tertiary/aromatic N) is 5. The van der Waals surface area contributed by atoms with Gasteiger partial charge in [-0.25, -0.2) is 14.3 Å². The average Bonchev–Trinajstić information content (AvgIpc) is 3.37. The van der Waals surface area contributed by atoms with Crippen LogP contribution in [0.4, 0.5) is 9.59 Å². The van der Waals surface area contributed by atoms with E-state index in [-0.39, 0.29) is 12.2 Å². The molecule has 9 nitrogen and oxygen atoms in total. The second kappa shape index (κ2) is 12.3. The highest BCUT2D eigenvalue weighted by atomic mass is 16.6. The maximum atomic E-state index is 12.4. The summed E-state index contributed by atoms with van der Waals surface area (Å²) >= 11 is 0. The van der Waals surface area contributed by atoms with E-state index in [9.17, 15) is 9.59 Å². The molecule has 2 aliphatic heterocycles. The highest BCUT2D eigenvalue weighted by Gasteiger charge is 2.25. The van der Waals surface area contributed by atoms with E-state index in [1.807, 2.05) is 53.1 Å². The predicted octanol–water partition coefficient (Wildman–Crippen LogP) is 7.29. The number of rotatable bonds is 4. The molecule has 3 heterocycles. The molecule has 232 valence electrons. The van der Waals surface area contributed by atoms with Crippen LogP contribution < -0.4 is 0 Å². The molecule has 0 unspecified atom stereocenters. The number of hydrogen-bond donors (Lipinski definition) is 0. The number of amides is 2. The molecule has 0 saturated carbocycles. The topological polar surface area (TPSA) is 89.8 Å². The summed E-state index contributed by atoms with van der Waals surface area (Å²) in [6.45, 7) is 15.7. The van der Waals surface area contributed by atoms with Crippen molar-refractivity contribution >= 4 is 23.3 Å². The summed E-state index contributed by atoms with van der Waals surface area (Å²) < 4.78 is 12.9. The molecule has 0 saturated heterocycles. The summed E-state index contributed by atoms with van der Waals surface area (Å²) in [6, 6.07) is 16.7. The first-order valence-corrected chi connectivity index (χ1v) is 15.3. The van der Waals surface area contributed by atoms with Gasteiger partial charge < -0.3 is 19.3 Å². The standard InChI is InChI=1S/C35H43N5O4/c1-24-31(29-10-8-25(9-11-29)27-16-20-38(21-17-27)32(41)43-34(2,3)4)36-37-40(24)30-14-12-26(13-15-30)28-18-22-39(23-19-28)33(42)44-35(5,6)7/h8-16,18H,17,19-23H2,1-7H3. The van der Waals surface area contributed by atoms with Gasteiger partial charge in [-0.05, 0) is 95.7 Å². The number of benzene rings is 2. The van der Waals surface area contributed by atoms with Gasteiger partial charge in [0.1, 0.15) is 16.9 Å². The smallest absolute Gasteiger partial charge is 0.410 e. The van der Waals surface area contributed by atoms with Crippen LogP contribution in [-0.4, -0.2) is 74.4 Å². The molecule has 0 bridgehead atoms. The first-order chi connectivity index (χ1) is 20.8. The predicted molar refractivity (Wildman–Crippen MR) is 172 cm³/mol. The van der Waals surface area contributed by atoms with Gasteiger partial charge in [0.05, 0.1) is 11.4 Å². The van der Waals surface area contributed by atoms with Crippen LogP contribution in [0.2, 0.25) is 0 Å². The molecular weight excluding hydrogens is 554 g/mol. The van der Waals surface area contributed by atoms with Gasteiger partial charge in [-0.15, -0.1) is 5.10 Å². The molecule has 2 aliphatic rings. The third-order valence-corrected chi connectivity index (χ3v) is 7.63. The van der Waals surface area contributed by atoms with Crippen LogP contribution in [0.3, 0.4) is 0 Å². The van der Waals surface area contributed by atoms with E-state index in [0.717, 1.165) is 46.6 Å². The minimum Gasteiger partial charge on any atom is -0.444 e. The second-order valence-corrected chi connectivity index (χ2v) is 13.4. The zero-order valence-electron chi connectivity index (χ0n) is 26.9. The molecule has 1 aromatic heterocycles. The van der Waals surface area contributed by atoms with E-state index in [4.69, 9.17) is 9.47 Å². The molecule has 3 aromatic rings. The maximum absolute atomic E-state index is 12.4. The highest BCUT2D eigenvalue weighted by molar-refractivity contribution is 5.75. The first-order valence-electron chi connectivity index (χ1n) is 15.3. The molecule has 0 fully saturated rings. The Morgan fingerprint density at radius 3 is 1.52 bits per heavy atom. The van der Waals surface area contributed by atoms with Crippen LogP contribution in [0, 0.1) is 6.92 Å². The number of aromatic nitrogens is 3. The third kappa shape index (κ3) is 7.38. The average molecular weight is 598 g/mol. The fourth-order valence-corrected chi connectivity index (χ4v) is 5.35. The van der Waals surface area contributed by atoms with E-state index >= 15 is 0 Å². The van der Waals surface area contributed by atoms with Crippen molar-refractivity contribution < 1.29 is 19.1 Å². The Bertz CT molecular complexity index is 1450. The van der Waals surface area contributed by atoms with Crippen molar-refractivity contribution in [2.75, 3.05) is 26.2 Å². The van der Waals surface area contributed by atoms with Crippen molar-refractivity contribution in [3.05, 3.63) is 77.5 Å². The molecular formula is C35H43N5O4. The van der Waals surface area contributed by atoms with Gasteiger partial charge in [-0.3, -0.25) is 0 Å². The summed E-state index contributed by atoms with van der Waals surface area (Å²) in [5, 5.41) is 8.96. The zero-order chi connectivity index (χ0) is 31.6. The lowest BCUT2D eigenvalue weighted by molar-refractivity contribution is 0.0260. The van der Waals surface area contributed by atoms with Crippen molar-refractivity contribution in [1.82, 2.24) is 24.8 Å². The molecule has 2 aromatic carbocycles. The molecule has 9 heteroatoms. The summed E-state index contributed by atoms with van der Waals surface area (Å²) in [4.78, 5) is 28.3. The van der Waals surface area contributed by atoms with Crippen LogP contribution >= 0.6 is 0 Å². The minimum absolute atomic E-state index is 0.269. The van der Waals surface area contributed by atoms with Gasteiger partial charge >= 0.3 is 12.2 Å². The van der Waals surface area contributed by atoms with E-state index in [1.165, 1.54) is 11.1 Å². The lowest BCUT2D eigenvalue weighted by atomic mass is 9.97. The van der Waals surface area contributed by atoms with Crippen molar-refractivity contribution in [2.24, 2.45) is 0 Å². The Balaban J connectivity index is 1.22. The lowest BCUT2D eigenvalue weighted by Gasteiger charge is -2.29. The summed E-state index contributed by atoms with van der Waals surface area (Å²) in [5.74, 6) is 0. The summed E-state index contributed by atoms with van der Waals surface area (Å²) in [6.07, 6.45) is 5.23. The summed E-state index contributed by atoms with van der Waals surface area (Å²) in [7, 11) is 0. The van der Waals surface area contributed by atoms with Gasteiger partial charge in [-0.1, -0.05) is 53.8 Å². The Labute approximate surface area is 260 Å². The number of carbonyl (C=O) groups is 2. The molecule has 0 spiro atoms. The van der Waals surface area contributed by atoms with Crippen LogP contribution in [0.15, 0.2) is 60.7 Å². The van der Waals surface area contributed by atoms with Gasteiger partial charge in [-0.2, -0.15) is 0 Å². The Morgan fingerprint density at radius 2 is 1.11 bits per heavy atom.